The molecule has 0 saturated carbocycles. The molecule has 2 N–H and O–H groups in total. The molecule has 4 nitrogen and oxygen atoms in total. The number of nitrogens with two attached hydrogens (primary N) is 1. The smallest absolute Gasteiger partial charge is 0.191 e. The molecule has 1 saturated heterocycles. The van der Waals surface area contributed by atoms with E-state index in [1.54, 1.807) is 0 Å². The van der Waals surface area contributed by atoms with Crippen LogP contribution in [0.1, 0.15) is 26.7 Å². The summed E-state index contributed by atoms with van der Waals surface area (Å²) in [6.07, 6.45) is 2.67. The standard InChI is InChI=1S/C10H19N3O/c1-7-4-10(5-8(2)14-7)6-12-9(11)13(10)3/h7-8H,4-6H2,1-3H3,(H2,11,12). The first-order chi connectivity index (χ1) is 6.53. The first kappa shape index (κ1) is 9.77. The molecule has 2 unspecified atom stereocenters. The Morgan fingerprint density at radius 3 is 2.43 bits per heavy atom. The summed E-state index contributed by atoms with van der Waals surface area (Å²) in [5.74, 6) is 0.673. The SMILES string of the molecule is CC1CC2(CN=C(N)N2C)CC(C)O1. The molecule has 2 rings (SSSR count). The lowest BCUT2D eigenvalue weighted by Crippen LogP contribution is -2.55. The van der Waals surface area contributed by atoms with E-state index in [1.807, 2.05) is 7.05 Å². The van der Waals surface area contributed by atoms with Crippen molar-refractivity contribution < 1.29 is 4.74 Å². The number of rotatable bonds is 0. The summed E-state index contributed by atoms with van der Waals surface area (Å²) in [5.41, 5.74) is 5.94. The minimum Gasteiger partial charge on any atom is -0.375 e. The molecule has 14 heavy (non-hydrogen) atoms. The molecule has 2 aliphatic heterocycles. The molecule has 0 radical (unpaired) electrons. The topological polar surface area (TPSA) is 50.8 Å². The van der Waals surface area contributed by atoms with E-state index in [-0.39, 0.29) is 5.54 Å². The van der Waals surface area contributed by atoms with E-state index in [2.05, 4.69) is 23.7 Å². The lowest BCUT2D eigenvalue weighted by atomic mass is 9.84. The molecule has 2 atom stereocenters. The van der Waals surface area contributed by atoms with Crippen LogP contribution in [0.3, 0.4) is 0 Å². The van der Waals surface area contributed by atoms with Gasteiger partial charge in [0.05, 0.1) is 24.3 Å². The lowest BCUT2D eigenvalue weighted by molar-refractivity contribution is -0.0806. The number of ether oxygens (including phenoxy) is 1. The van der Waals surface area contributed by atoms with Gasteiger partial charge in [0.15, 0.2) is 5.96 Å². The van der Waals surface area contributed by atoms with Gasteiger partial charge >= 0.3 is 0 Å². The van der Waals surface area contributed by atoms with Crippen molar-refractivity contribution in [3.63, 3.8) is 0 Å². The normalized spacial score (nSPS) is 43.1. The van der Waals surface area contributed by atoms with Crippen LogP contribution in [0, 0.1) is 0 Å². The molecule has 1 spiro atoms. The molecule has 0 bridgehead atoms. The summed E-state index contributed by atoms with van der Waals surface area (Å²) in [4.78, 5) is 6.46. The summed E-state index contributed by atoms with van der Waals surface area (Å²) in [6.45, 7) is 5.08. The van der Waals surface area contributed by atoms with E-state index < -0.39 is 0 Å². The average Bonchev–Trinajstić information content (AvgIpc) is 2.32. The third kappa shape index (κ3) is 1.38. The highest BCUT2D eigenvalue weighted by Gasteiger charge is 2.45. The maximum atomic E-state index is 5.81. The molecule has 1 fully saturated rings. The van der Waals surface area contributed by atoms with Crippen LogP contribution in [0.5, 0.6) is 0 Å². The lowest BCUT2D eigenvalue weighted by Gasteiger charge is -2.44. The van der Waals surface area contributed by atoms with Crippen molar-refractivity contribution in [3.8, 4) is 0 Å². The summed E-state index contributed by atoms with van der Waals surface area (Å²) in [7, 11) is 2.04. The van der Waals surface area contributed by atoms with Crippen molar-refractivity contribution in [3.05, 3.63) is 0 Å². The molecular weight excluding hydrogens is 178 g/mol. The van der Waals surface area contributed by atoms with Crippen LogP contribution < -0.4 is 5.73 Å². The van der Waals surface area contributed by atoms with Crippen molar-refractivity contribution >= 4 is 5.96 Å². The molecular formula is C10H19N3O. The van der Waals surface area contributed by atoms with Gasteiger partial charge in [0.1, 0.15) is 0 Å². The summed E-state index contributed by atoms with van der Waals surface area (Å²) >= 11 is 0. The Morgan fingerprint density at radius 1 is 1.43 bits per heavy atom. The highest BCUT2D eigenvalue weighted by atomic mass is 16.5. The van der Waals surface area contributed by atoms with Gasteiger partial charge in [-0.1, -0.05) is 0 Å². The zero-order chi connectivity index (χ0) is 10.3. The largest absolute Gasteiger partial charge is 0.375 e. The van der Waals surface area contributed by atoms with Crippen LogP contribution in [-0.2, 0) is 4.74 Å². The van der Waals surface area contributed by atoms with E-state index in [4.69, 9.17) is 10.5 Å². The zero-order valence-electron chi connectivity index (χ0n) is 9.16. The van der Waals surface area contributed by atoms with Gasteiger partial charge < -0.3 is 15.4 Å². The quantitative estimate of drug-likeness (QED) is 0.618. The summed E-state index contributed by atoms with van der Waals surface area (Å²) in [6, 6.07) is 0. The Hall–Kier alpha value is -0.770. The number of aliphatic imine (C=N–C) groups is 1. The molecule has 2 aliphatic rings. The van der Waals surface area contributed by atoms with Crippen LogP contribution in [-0.4, -0.2) is 42.2 Å². The van der Waals surface area contributed by atoms with Crippen LogP contribution >= 0.6 is 0 Å². The van der Waals surface area contributed by atoms with Gasteiger partial charge in [-0.15, -0.1) is 0 Å². The number of nitrogens with zero attached hydrogens (tertiary/aromatic N) is 2. The van der Waals surface area contributed by atoms with Gasteiger partial charge in [-0.2, -0.15) is 0 Å². The number of hydrogen-bond donors (Lipinski definition) is 1. The molecule has 0 aliphatic carbocycles. The maximum absolute atomic E-state index is 5.81. The third-order valence-electron chi connectivity index (χ3n) is 3.39. The second-order valence-corrected chi connectivity index (χ2v) is 4.62. The minimum atomic E-state index is 0.126. The fraction of sp³-hybridized carbons (Fsp3) is 0.900. The summed E-state index contributed by atoms with van der Waals surface area (Å²) < 4.78 is 5.74. The first-order valence-electron chi connectivity index (χ1n) is 5.23. The molecule has 0 aromatic rings. The molecule has 0 aromatic heterocycles. The van der Waals surface area contributed by atoms with Crippen molar-refractivity contribution in [2.45, 2.75) is 44.4 Å². The van der Waals surface area contributed by atoms with Crippen LogP contribution in [0.4, 0.5) is 0 Å². The molecule has 0 amide bonds. The van der Waals surface area contributed by atoms with E-state index in [9.17, 15) is 0 Å². The van der Waals surface area contributed by atoms with Gasteiger partial charge in [0.2, 0.25) is 0 Å². The first-order valence-corrected chi connectivity index (χ1v) is 5.23. The number of likely N-dealkylation sites (N-methyl/N-ethyl adjacent to an activating group) is 1. The second-order valence-electron chi connectivity index (χ2n) is 4.62. The van der Waals surface area contributed by atoms with Gasteiger partial charge in [-0.3, -0.25) is 4.99 Å². The second kappa shape index (κ2) is 3.12. The molecule has 2 heterocycles. The van der Waals surface area contributed by atoms with Crippen molar-refractivity contribution in [2.75, 3.05) is 13.6 Å². The van der Waals surface area contributed by atoms with Crippen molar-refractivity contribution in [1.82, 2.24) is 4.90 Å². The number of hydrogen-bond acceptors (Lipinski definition) is 4. The van der Waals surface area contributed by atoms with E-state index in [0.717, 1.165) is 19.4 Å². The maximum Gasteiger partial charge on any atom is 0.191 e. The Labute approximate surface area is 85.1 Å². The average molecular weight is 197 g/mol. The van der Waals surface area contributed by atoms with Gasteiger partial charge in [-0.05, 0) is 26.7 Å². The Morgan fingerprint density at radius 2 is 2.00 bits per heavy atom. The van der Waals surface area contributed by atoms with Crippen LogP contribution in [0.2, 0.25) is 0 Å². The van der Waals surface area contributed by atoms with Crippen LogP contribution in [0.15, 0.2) is 4.99 Å². The minimum absolute atomic E-state index is 0.126. The van der Waals surface area contributed by atoms with Crippen molar-refractivity contribution in [1.29, 1.82) is 0 Å². The predicted octanol–water partition coefficient (Wildman–Crippen LogP) is 0.573. The Kier molecular flexibility index (Phi) is 2.18. The molecule has 4 heteroatoms. The van der Waals surface area contributed by atoms with E-state index in [0.29, 0.717) is 18.2 Å². The zero-order valence-corrected chi connectivity index (χ0v) is 9.16. The number of guanidine groups is 1. The van der Waals surface area contributed by atoms with E-state index >= 15 is 0 Å². The van der Waals surface area contributed by atoms with Crippen LogP contribution in [0.25, 0.3) is 0 Å². The highest BCUT2D eigenvalue weighted by Crippen LogP contribution is 2.36. The molecule has 0 aromatic carbocycles. The fourth-order valence-electron chi connectivity index (χ4n) is 2.73. The Bertz CT molecular complexity index is 254. The fourth-order valence-corrected chi connectivity index (χ4v) is 2.73. The van der Waals surface area contributed by atoms with Gasteiger partial charge in [-0.25, -0.2) is 0 Å². The Balaban J connectivity index is 2.17. The van der Waals surface area contributed by atoms with Gasteiger partial charge in [0.25, 0.3) is 0 Å². The van der Waals surface area contributed by atoms with Crippen molar-refractivity contribution in [2.24, 2.45) is 10.7 Å². The monoisotopic (exact) mass is 197 g/mol. The predicted molar refractivity (Wildman–Crippen MR) is 56.2 cm³/mol. The molecule has 80 valence electrons. The van der Waals surface area contributed by atoms with Gasteiger partial charge in [0, 0.05) is 7.05 Å². The highest BCUT2D eigenvalue weighted by molar-refractivity contribution is 5.80. The summed E-state index contributed by atoms with van der Waals surface area (Å²) in [5, 5.41) is 0. The third-order valence-corrected chi connectivity index (χ3v) is 3.39. The van der Waals surface area contributed by atoms with E-state index in [1.165, 1.54) is 0 Å².